The number of esters is 1. The molecule has 4 atom stereocenters. The smallest absolute Gasteiger partial charge is 0.337 e. The highest BCUT2D eigenvalue weighted by atomic mass is 16.6. The zero-order valence-electron chi connectivity index (χ0n) is 13.9. The van der Waals surface area contributed by atoms with Crippen molar-refractivity contribution in [3.63, 3.8) is 0 Å². The van der Waals surface area contributed by atoms with Gasteiger partial charge in [-0.25, -0.2) is 4.79 Å². The van der Waals surface area contributed by atoms with Crippen molar-refractivity contribution in [2.45, 2.75) is 51.5 Å². The Hall–Kier alpha value is -1.40. The molecule has 1 amide bonds. The van der Waals surface area contributed by atoms with Crippen LogP contribution in [0.3, 0.4) is 0 Å². The minimum atomic E-state index is -1.59. The van der Waals surface area contributed by atoms with E-state index in [0.717, 1.165) is 0 Å². The number of ether oxygens (including phenoxy) is 2. The molecule has 0 aliphatic carbocycles. The van der Waals surface area contributed by atoms with Crippen LogP contribution >= 0.6 is 0 Å². The van der Waals surface area contributed by atoms with Crippen LogP contribution in [0.2, 0.25) is 0 Å². The first kappa shape index (κ1) is 17.0. The van der Waals surface area contributed by atoms with Crippen molar-refractivity contribution in [3.05, 3.63) is 12.7 Å². The van der Waals surface area contributed by atoms with Crippen molar-refractivity contribution in [1.82, 2.24) is 4.90 Å². The van der Waals surface area contributed by atoms with Gasteiger partial charge in [-0.15, -0.1) is 6.58 Å². The Balaban J connectivity index is 2.61. The number of methoxy groups -OCH3 is 1. The predicted octanol–water partition coefficient (Wildman–Crippen LogP) is 1.09. The topological polar surface area (TPSA) is 76.1 Å². The molecule has 2 rings (SSSR count). The van der Waals surface area contributed by atoms with Gasteiger partial charge in [-0.1, -0.05) is 26.8 Å². The molecule has 124 valence electrons. The number of hydrogen-bond donors (Lipinski definition) is 1. The molecule has 0 unspecified atom stereocenters. The number of allylic oxidation sites excluding steroid dienone is 1. The lowest BCUT2D eigenvalue weighted by atomic mass is 9.75. The zero-order chi connectivity index (χ0) is 16.9. The van der Waals surface area contributed by atoms with E-state index < -0.39 is 34.7 Å². The third kappa shape index (κ3) is 1.93. The summed E-state index contributed by atoms with van der Waals surface area (Å²) in [6.07, 6.45) is 1.27. The third-order valence-electron chi connectivity index (χ3n) is 4.81. The van der Waals surface area contributed by atoms with E-state index in [4.69, 9.17) is 9.47 Å². The quantitative estimate of drug-likeness (QED) is 0.623. The van der Waals surface area contributed by atoms with Crippen LogP contribution in [0, 0.1) is 11.3 Å². The van der Waals surface area contributed by atoms with Crippen LogP contribution in [0.4, 0.5) is 0 Å². The van der Waals surface area contributed by atoms with Crippen molar-refractivity contribution >= 4 is 11.9 Å². The number of aliphatic hydroxyl groups is 1. The first-order chi connectivity index (χ1) is 10.1. The normalized spacial score (nSPS) is 38.1. The van der Waals surface area contributed by atoms with E-state index in [1.807, 2.05) is 20.8 Å². The Bertz CT molecular complexity index is 507. The number of carbonyl (C=O) groups excluding carboxylic acids is 2. The lowest BCUT2D eigenvalue weighted by Gasteiger charge is -2.40. The van der Waals surface area contributed by atoms with Gasteiger partial charge in [-0.3, -0.25) is 9.69 Å². The fraction of sp³-hybridized carbons (Fsp3) is 0.750. The van der Waals surface area contributed by atoms with Gasteiger partial charge in [0.05, 0.1) is 19.6 Å². The molecule has 6 heteroatoms. The minimum absolute atomic E-state index is 0.0754. The van der Waals surface area contributed by atoms with Gasteiger partial charge in [-0.2, -0.15) is 0 Å². The number of carbonyl (C=O) groups is 2. The maximum atomic E-state index is 12.9. The molecule has 0 saturated carbocycles. The Labute approximate surface area is 131 Å². The monoisotopic (exact) mass is 311 g/mol. The standard InChI is InChI=1S/C16H25NO5/c1-7-8-10-11(18)17-12(14(2,3)4)22-9-16(17,13(19)21-6)15(10,5)20/h7,10,12,20H,1,8-9H2,2-6H3/t10-,12-,15-,16-/m0/s1. The fourth-order valence-electron chi connectivity index (χ4n) is 3.60. The number of fused-ring (bicyclic) bond motifs is 1. The Morgan fingerprint density at radius 1 is 1.59 bits per heavy atom. The molecular formula is C16H25NO5. The summed E-state index contributed by atoms with van der Waals surface area (Å²) in [6.45, 7) is 10.8. The summed E-state index contributed by atoms with van der Waals surface area (Å²) in [5, 5.41) is 11.1. The second-order valence-corrected chi connectivity index (χ2v) is 7.31. The maximum absolute atomic E-state index is 12.9. The summed E-state index contributed by atoms with van der Waals surface area (Å²) < 4.78 is 10.7. The summed E-state index contributed by atoms with van der Waals surface area (Å²) in [6, 6.07) is 0. The summed E-state index contributed by atoms with van der Waals surface area (Å²) in [5.74, 6) is -1.69. The Morgan fingerprint density at radius 2 is 2.18 bits per heavy atom. The number of amides is 1. The van der Waals surface area contributed by atoms with Crippen LogP contribution in [-0.2, 0) is 19.1 Å². The minimum Gasteiger partial charge on any atom is -0.467 e. The summed E-state index contributed by atoms with van der Waals surface area (Å²) in [4.78, 5) is 26.8. The van der Waals surface area contributed by atoms with Gasteiger partial charge in [-0.05, 0) is 13.3 Å². The predicted molar refractivity (Wildman–Crippen MR) is 79.7 cm³/mol. The van der Waals surface area contributed by atoms with Crippen LogP contribution in [0.1, 0.15) is 34.1 Å². The van der Waals surface area contributed by atoms with Gasteiger partial charge in [0.1, 0.15) is 11.8 Å². The molecule has 1 N–H and O–H groups in total. The summed E-state index contributed by atoms with van der Waals surface area (Å²) in [7, 11) is 1.25. The lowest BCUT2D eigenvalue weighted by molar-refractivity contribution is -0.167. The number of hydrogen-bond acceptors (Lipinski definition) is 5. The average Bonchev–Trinajstić information content (AvgIpc) is 2.90. The van der Waals surface area contributed by atoms with Crippen LogP contribution in [0.15, 0.2) is 12.7 Å². The van der Waals surface area contributed by atoms with Crippen molar-refractivity contribution in [2.75, 3.05) is 13.7 Å². The molecule has 2 aliphatic heterocycles. The second-order valence-electron chi connectivity index (χ2n) is 7.31. The molecule has 22 heavy (non-hydrogen) atoms. The number of rotatable bonds is 3. The molecule has 0 radical (unpaired) electrons. The van der Waals surface area contributed by atoms with Crippen LogP contribution < -0.4 is 0 Å². The van der Waals surface area contributed by atoms with E-state index in [1.165, 1.54) is 18.9 Å². The Morgan fingerprint density at radius 3 is 2.64 bits per heavy atom. The van der Waals surface area contributed by atoms with E-state index in [1.54, 1.807) is 6.08 Å². The highest BCUT2D eigenvalue weighted by molar-refractivity contribution is 5.97. The highest BCUT2D eigenvalue weighted by Gasteiger charge is 2.75. The van der Waals surface area contributed by atoms with Crippen LogP contribution in [0.25, 0.3) is 0 Å². The fourth-order valence-corrected chi connectivity index (χ4v) is 3.60. The van der Waals surface area contributed by atoms with Gasteiger partial charge in [0.2, 0.25) is 5.91 Å². The summed E-state index contributed by atoms with van der Waals surface area (Å²) in [5.41, 5.74) is -3.50. The molecule has 2 fully saturated rings. The van der Waals surface area contributed by atoms with E-state index in [-0.39, 0.29) is 18.9 Å². The molecule has 2 saturated heterocycles. The lowest BCUT2D eigenvalue weighted by Crippen LogP contribution is -2.64. The van der Waals surface area contributed by atoms with Crippen LogP contribution in [0.5, 0.6) is 0 Å². The molecule has 0 spiro atoms. The summed E-state index contributed by atoms with van der Waals surface area (Å²) >= 11 is 0. The largest absolute Gasteiger partial charge is 0.467 e. The van der Waals surface area contributed by atoms with Crippen molar-refractivity contribution < 1.29 is 24.2 Å². The molecule has 0 aromatic heterocycles. The number of nitrogens with zero attached hydrogens (tertiary/aromatic N) is 1. The molecule has 0 aromatic rings. The van der Waals surface area contributed by atoms with Crippen molar-refractivity contribution in [2.24, 2.45) is 11.3 Å². The van der Waals surface area contributed by atoms with Gasteiger partial charge in [0, 0.05) is 5.41 Å². The molecule has 2 aliphatic rings. The van der Waals surface area contributed by atoms with Crippen molar-refractivity contribution in [3.8, 4) is 0 Å². The molecule has 0 bridgehead atoms. The van der Waals surface area contributed by atoms with Crippen molar-refractivity contribution in [1.29, 1.82) is 0 Å². The maximum Gasteiger partial charge on any atom is 0.337 e. The Kier molecular flexibility index (Phi) is 3.90. The van der Waals surface area contributed by atoms with Gasteiger partial charge in [0.15, 0.2) is 5.54 Å². The van der Waals surface area contributed by atoms with E-state index in [9.17, 15) is 14.7 Å². The van der Waals surface area contributed by atoms with E-state index in [2.05, 4.69) is 6.58 Å². The molecular weight excluding hydrogens is 286 g/mol. The first-order valence-corrected chi connectivity index (χ1v) is 7.42. The van der Waals surface area contributed by atoms with Crippen LogP contribution in [-0.4, -0.2) is 53.0 Å². The van der Waals surface area contributed by atoms with Gasteiger partial charge in [0.25, 0.3) is 0 Å². The highest BCUT2D eigenvalue weighted by Crippen LogP contribution is 2.52. The zero-order valence-corrected chi connectivity index (χ0v) is 13.9. The first-order valence-electron chi connectivity index (χ1n) is 7.42. The van der Waals surface area contributed by atoms with E-state index >= 15 is 0 Å². The molecule has 6 nitrogen and oxygen atoms in total. The van der Waals surface area contributed by atoms with Gasteiger partial charge < -0.3 is 14.6 Å². The second kappa shape index (κ2) is 5.06. The molecule has 0 aromatic carbocycles. The SMILES string of the molecule is C=CC[C@H]1C(=O)N2[C@H](C(C)(C)C)OC[C@]2(C(=O)OC)[C@@]1(C)O. The van der Waals surface area contributed by atoms with Gasteiger partial charge >= 0.3 is 5.97 Å². The third-order valence-corrected chi connectivity index (χ3v) is 4.81. The van der Waals surface area contributed by atoms with E-state index in [0.29, 0.717) is 0 Å². The molecule has 2 heterocycles. The average molecular weight is 311 g/mol.